The molecule has 0 saturated heterocycles. The molecule has 1 aliphatic rings. The molecule has 6 nitrogen and oxygen atoms in total. The molecule has 128 valence electrons. The van der Waals surface area contributed by atoms with Gasteiger partial charge in [0.1, 0.15) is 5.75 Å². The van der Waals surface area contributed by atoms with E-state index in [9.17, 15) is 4.79 Å². The van der Waals surface area contributed by atoms with E-state index < -0.39 is 0 Å². The molecule has 6 heteroatoms. The van der Waals surface area contributed by atoms with Crippen LogP contribution in [0.3, 0.4) is 0 Å². The van der Waals surface area contributed by atoms with E-state index in [0.29, 0.717) is 13.2 Å². The first-order valence-electron chi connectivity index (χ1n) is 8.38. The van der Waals surface area contributed by atoms with Gasteiger partial charge >= 0.3 is 0 Å². The first kappa shape index (κ1) is 16.5. The maximum Gasteiger partial charge on any atom is 0.217 e. The van der Waals surface area contributed by atoms with Gasteiger partial charge in [0.2, 0.25) is 5.91 Å². The quantitative estimate of drug-likeness (QED) is 0.880. The Balaban J connectivity index is 1.59. The molecule has 0 saturated carbocycles. The monoisotopic (exact) mass is 328 g/mol. The summed E-state index contributed by atoms with van der Waals surface area (Å²) < 4.78 is 7.53. The largest absolute Gasteiger partial charge is 0.494 e. The average Bonchev–Trinajstić information content (AvgIpc) is 2.97. The Morgan fingerprint density at radius 2 is 2.08 bits per heavy atom. The molecule has 2 aromatic rings. The van der Waals surface area contributed by atoms with Crippen molar-refractivity contribution in [1.82, 2.24) is 20.0 Å². The summed E-state index contributed by atoms with van der Waals surface area (Å²) >= 11 is 0. The number of benzene rings is 1. The molecule has 1 amide bonds. The number of rotatable bonds is 6. The molecule has 1 aromatic carbocycles. The zero-order valence-electron chi connectivity index (χ0n) is 14.3. The lowest BCUT2D eigenvalue weighted by molar-refractivity contribution is -0.119. The topological polar surface area (TPSA) is 59.4 Å². The van der Waals surface area contributed by atoms with E-state index in [0.717, 1.165) is 37.6 Å². The third-order valence-electron chi connectivity index (χ3n) is 4.09. The molecule has 0 aliphatic carbocycles. The maximum atomic E-state index is 11.0. The van der Waals surface area contributed by atoms with Crippen LogP contribution >= 0.6 is 0 Å². The van der Waals surface area contributed by atoms with Crippen molar-refractivity contribution in [2.75, 3.05) is 13.2 Å². The zero-order valence-corrected chi connectivity index (χ0v) is 14.3. The summed E-state index contributed by atoms with van der Waals surface area (Å²) in [4.78, 5) is 13.4. The average molecular weight is 328 g/mol. The van der Waals surface area contributed by atoms with Crippen molar-refractivity contribution in [2.45, 2.75) is 40.0 Å². The predicted molar refractivity (Wildman–Crippen MR) is 91.5 cm³/mol. The Kier molecular flexibility index (Phi) is 5.15. The van der Waals surface area contributed by atoms with Gasteiger partial charge in [-0.05, 0) is 30.7 Å². The molecule has 0 radical (unpaired) electrons. The van der Waals surface area contributed by atoms with Gasteiger partial charge in [0.05, 0.1) is 31.1 Å². The lowest BCUT2D eigenvalue weighted by Crippen LogP contribution is -2.33. The van der Waals surface area contributed by atoms with Crippen LogP contribution in [-0.4, -0.2) is 33.7 Å². The summed E-state index contributed by atoms with van der Waals surface area (Å²) in [5, 5.41) is 7.35. The second kappa shape index (κ2) is 7.49. The number of nitrogens with zero attached hydrogens (tertiary/aromatic N) is 3. The Labute approximate surface area is 142 Å². The van der Waals surface area contributed by atoms with Gasteiger partial charge in [-0.2, -0.15) is 5.10 Å². The second-order valence-electron chi connectivity index (χ2n) is 6.05. The number of aromatic nitrogens is 2. The summed E-state index contributed by atoms with van der Waals surface area (Å²) in [6.07, 6.45) is 0. The number of amides is 1. The Morgan fingerprint density at radius 3 is 2.79 bits per heavy atom. The van der Waals surface area contributed by atoms with Gasteiger partial charge in [-0.1, -0.05) is 12.1 Å². The zero-order chi connectivity index (χ0) is 16.9. The highest BCUT2D eigenvalue weighted by atomic mass is 16.5. The maximum absolute atomic E-state index is 11.0. The summed E-state index contributed by atoms with van der Waals surface area (Å²) in [7, 11) is 0. The van der Waals surface area contributed by atoms with E-state index in [1.807, 2.05) is 23.7 Å². The normalized spacial score (nSPS) is 14.2. The van der Waals surface area contributed by atoms with E-state index in [1.165, 1.54) is 18.2 Å². The van der Waals surface area contributed by atoms with Crippen LogP contribution in [0.4, 0.5) is 0 Å². The SMILES string of the molecule is CCOc1ccc(CN2CCn3nc(CNC(C)=O)cc3C2)cc1. The van der Waals surface area contributed by atoms with E-state index >= 15 is 0 Å². The Morgan fingerprint density at radius 1 is 1.29 bits per heavy atom. The molecule has 24 heavy (non-hydrogen) atoms. The van der Waals surface area contributed by atoms with Crippen LogP contribution in [0.5, 0.6) is 5.75 Å². The molecule has 0 atom stereocenters. The van der Waals surface area contributed by atoms with Crippen LogP contribution in [0.15, 0.2) is 30.3 Å². The minimum Gasteiger partial charge on any atom is -0.494 e. The van der Waals surface area contributed by atoms with Crippen molar-refractivity contribution >= 4 is 5.91 Å². The van der Waals surface area contributed by atoms with Gasteiger partial charge in [0, 0.05) is 26.6 Å². The fraction of sp³-hybridized carbons (Fsp3) is 0.444. The molecule has 0 bridgehead atoms. The third kappa shape index (κ3) is 4.14. The lowest BCUT2D eigenvalue weighted by Gasteiger charge is -2.27. The molecular formula is C18H24N4O2. The minimum atomic E-state index is -0.0295. The highest BCUT2D eigenvalue weighted by Gasteiger charge is 2.18. The molecule has 1 aromatic heterocycles. The van der Waals surface area contributed by atoms with Crippen LogP contribution in [0.25, 0.3) is 0 Å². The van der Waals surface area contributed by atoms with Crippen molar-refractivity contribution in [3.63, 3.8) is 0 Å². The van der Waals surface area contributed by atoms with E-state index in [1.54, 1.807) is 0 Å². The third-order valence-corrected chi connectivity index (χ3v) is 4.09. The van der Waals surface area contributed by atoms with Gasteiger partial charge in [-0.25, -0.2) is 0 Å². The lowest BCUT2D eigenvalue weighted by atomic mass is 10.2. The molecular weight excluding hydrogens is 304 g/mol. The van der Waals surface area contributed by atoms with Crippen molar-refractivity contribution in [2.24, 2.45) is 0 Å². The Hall–Kier alpha value is -2.34. The van der Waals surface area contributed by atoms with Crippen LogP contribution in [0, 0.1) is 0 Å². The smallest absolute Gasteiger partial charge is 0.217 e. The van der Waals surface area contributed by atoms with Gasteiger partial charge in [-0.15, -0.1) is 0 Å². The highest BCUT2D eigenvalue weighted by Crippen LogP contribution is 2.18. The van der Waals surface area contributed by atoms with E-state index in [2.05, 4.69) is 33.5 Å². The fourth-order valence-corrected chi connectivity index (χ4v) is 2.93. The second-order valence-corrected chi connectivity index (χ2v) is 6.05. The first-order valence-corrected chi connectivity index (χ1v) is 8.38. The number of carbonyl (C=O) groups excluding carboxylic acids is 1. The number of fused-ring (bicyclic) bond motifs is 1. The standard InChI is InChI=1S/C18H24N4O2/c1-3-24-18-6-4-15(5-7-18)12-21-8-9-22-17(13-21)10-16(20-22)11-19-14(2)23/h4-7,10H,3,8-9,11-13H2,1-2H3,(H,19,23). The van der Waals surface area contributed by atoms with Crippen molar-refractivity contribution in [3.05, 3.63) is 47.3 Å². The van der Waals surface area contributed by atoms with Crippen LogP contribution in [0.2, 0.25) is 0 Å². The molecule has 0 spiro atoms. The summed E-state index contributed by atoms with van der Waals surface area (Å²) in [6, 6.07) is 10.4. The van der Waals surface area contributed by atoms with Crippen LogP contribution in [0.1, 0.15) is 30.8 Å². The summed E-state index contributed by atoms with van der Waals surface area (Å²) in [5.74, 6) is 0.888. The van der Waals surface area contributed by atoms with Crippen molar-refractivity contribution in [1.29, 1.82) is 0 Å². The molecule has 2 heterocycles. The molecule has 1 aliphatic heterocycles. The molecule has 0 fully saturated rings. The molecule has 3 rings (SSSR count). The summed E-state index contributed by atoms with van der Waals surface area (Å²) in [6.45, 7) is 8.34. The molecule has 1 N–H and O–H groups in total. The van der Waals surface area contributed by atoms with Gasteiger partial charge in [0.15, 0.2) is 0 Å². The van der Waals surface area contributed by atoms with E-state index in [-0.39, 0.29) is 5.91 Å². The first-order chi connectivity index (χ1) is 11.6. The van der Waals surface area contributed by atoms with Gasteiger partial charge < -0.3 is 10.1 Å². The number of hydrogen-bond acceptors (Lipinski definition) is 4. The number of hydrogen-bond donors (Lipinski definition) is 1. The van der Waals surface area contributed by atoms with Crippen molar-refractivity contribution in [3.8, 4) is 5.75 Å². The fourth-order valence-electron chi connectivity index (χ4n) is 2.93. The van der Waals surface area contributed by atoms with Crippen LogP contribution < -0.4 is 10.1 Å². The minimum absolute atomic E-state index is 0.0295. The molecule has 0 unspecified atom stereocenters. The predicted octanol–water partition coefficient (Wildman–Crippen LogP) is 1.93. The highest BCUT2D eigenvalue weighted by molar-refractivity contribution is 5.72. The van der Waals surface area contributed by atoms with Gasteiger partial charge in [-0.3, -0.25) is 14.4 Å². The number of nitrogens with one attached hydrogen (secondary N) is 1. The van der Waals surface area contributed by atoms with Crippen LogP contribution in [-0.2, 0) is 31.0 Å². The number of carbonyl (C=O) groups is 1. The van der Waals surface area contributed by atoms with E-state index in [4.69, 9.17) is 4.74 Å². The number of ether oxygens (including phenoxy) is 1. The van der Waals surface area contributed by atoms with Gasteiger partial charge in [0.25, 0.3) is 0 Å². The van der Waals surface area contributed by atoms with Crippen molar-refractivity contribution < 1.29 is 9.53 Å². The Bertz CT molecular complexity index is 694. The summed E-state index contributed by atoms with van der Waals surface area (Å²) in [5.41, 5.74) is 3.40.